The number of nitrogens with two attached hydrogens (primary N) is 2. The van der Waals surface area contributed by atoms with Crippen molar-refractivity contribution in [2.75, 3.05) is 52.9 Å². The highest BCUT2D eigenvalue weighted by atomic mass is 16.5. The van der Waals surface area contributed by atoms with E-state index in [2.05, 4.69) is 40.9 Å². The van der Waals surface area contributed by atoms with E-state index in [4.69, 9.17) is 70.6 Å². The highest BCUT2D eigenvalue weighted by molar-refractivity contribution is 5.92. The van der Waals surface area contributed by atoms with Crippen LogP contribution in [0.4, 0.5) is 0 Å². The van der Waals surface area contributed by atoms with E-state index in [9.17, 15) is 19.2 Å². The quantitative estimate of drug-likeness (QED) is 0.0565. The Labute approximate surface area is 364 Å². The maximum Gasteiger partial charge on any atom is 0.371 e. The number of aliphatic hydroxyl groups is 6. The Hall–Kier alpha value is -5.48. The molecule has 19 heteroatoms. The summed E-state index contributed by atoms with van der Waals surface area (Å²) in [6, 6.07) is 8.94. The van der Waals surface area contributed by atoms with Gasteiger partial charge in [0.2, 0.25) is 11.5 Å². The van der Waals surface area contributed by atoms with Crippen LogP contribution in [0.25, 0.3) is 21.9 Å². The molecular weight excluding hydrogens is 828 g/mol. The highest BCUT2D eigenvalue weighted by Crippen LogP contribution is 2.29. The smallest absolute Gasteiger partial charge is 0.371 e. The molecular formula is C44H64N2O17. The molecule has 4 rings (SSSR count). The predicted molar refractivity (Wildman–Crippen MR) is 237 cm³/mol. The SMILES string of the molecule is C=CCc1ccc(OCCC(C)C)c2c(=O)cc(C(=O)O)oc12.C=CCc1ccc(OCCC(C)C)c2c(=O)cc(C(=O)O)oc12.NC(CO)(CO)CO.NC(CO)(CO)CO.O. The van der Waals surface area contributed by atoms with Gasteiger partial charge in [-0.1, -0.05) is 52.0 Å². The number of ether oxygens (including phenoxy) is 2. The molecule has 0 spiro atoms. The van der Waals surface area contributed by atoms with Crippen molar-refractivity contribution in [2.45, 2.75) is 64.5 Å². The Balaban J connectivity index is 0.000000902. The third-order valence-electron chi connectivity index (χ3n) is 8.79. The molecule has 0 radical (unpaired) electrons. The van der Waals surface area contributed by atoms with Gasteiger partial charge in [-0.2, -0.15) is 0 Å². The molecule has 0 unspecified atom stereocenters. The Morgan fingerprint density at radius 3 is 1.16 bits per heavy atom. The topological polar surface area (TPSA) is 358 Å². The van der Waals surface area contributed by atoms with Crippen LogP contribution in [0, 0.1) is 11.8 Å². The highest BCUT2D eigenvalue weighted by Gasteiger charge is 2.22. The summed E-state index contributed by atoms with van der Waals surface area (Å²) < 4.78 is 22.3. The third-order valence-corrected chi connectivity index (χ3v) is 8.79. The molecule has 2 aromatic carbocycles. The van der Waals surface area contributed by atoms with Gasteiger partial charge < -0.3 is 76.1 Å². The standard InChI is InChI=1S/2C18H20O5.2C4H11NO3.H2O/c2*1-4-5-12-6-7-14(22-9-8-11(2)3)16-13(19)10-15(18(20)21)23-17(12)16;2*5-4(1-6,2-7)3-8;/h2*4,6-7,10-11H,1,5,8-9H2,2-3H3,(H,20,21);2*6-8H,1-3,5H2;1H2. The Morgan fingerprint density at radius 2 is 0.937 bits per heavy atom. The maximum atomic E-state index is 12.3. The van der Waals surface area contributed by atoms with Crippen molar-refractivity contribution >= 4 is 33.9 Å². The summed E-state index contributed by atoms with van der Waals surface area (Å²) in [5.41, 5.74) is 8.93. The molecule has 2 heterocycles. The number of hydrogen-bond donors (Lipinski definition) is 10. The number of allylic oxidation sites excluding steroid dienone is 2. The Bertz CT molecular complexity index is 2000. The maximum absolute atomic E-state index is 12.3. The summed E-state index contributed by atoms with van der Waals surface area (Å²) in [6.07, 6.45) is 5.98. The van der Waals surface area contributed by atoms with E-state index < -0.39 is 73.5 Å². The van der Waals surface area contributed by atoms with Crippen LogP contribution in [-0.4, -0.2) is 122 Å². The van der Waals surface area contributed by atoms with Gasteiger partial charge in [0.25, 0.3) is 0 Å². The average molecular weight is 893 g/mol. The molecule has 0 saturated carbocycles. The van der Waals surface area contributed by atoms with Gasteiger partial charge in [-0.25, -0.2) is 9.59 Å². The van der Waals surface area contributed by atoms with E-state index in [1.165, 1.54) is 0 Å². The predicted octanol–water partition coefficient (Wildman–Crippen LogP) is 1.79. The van der Waals surface area contributed by atoms with Crippen molar-refractivity contribution in [3.05, 3.63) is 105 Å². The minimum Gasteiger partial charge on any atom is -0.493 e. The minimum atomic E-state index is -1.28. The normalized spacial score (nSPS) is 11.0. The molecule has 0 fully saturated rings. The molecule has 19 nitrogen and oxygen atoms in total. The van der Waals surface area contributed by atoms with Gasteiger partial charge in [-0.15, -0.1) is 13.2 Å². The lowest BCUT2D eigenvalue weighted by Gasteiger charge is -2.20. The second kappa shape index (κ2) is 28.3. The van der Waals surface area contributed by atoms with Crippen molar-refractivity contribution in [3.63, 3.8) is 0 Å². The molecule has 0 atom stereocenters. The molecule has 63 heavy (non-hydrogen) atoms. The van der Waals surface area contributed by atoms with E-state index in [0.717, 1.165) is 25.0 Å². The van der Waals surface area contributed by atoms with Crippen LogP contribution in [0.15, 0.2) is 80.1 Å². The van der Waals surface area contributed by atoms with E-state index in [0.29, 0.717) is 60.5 Å². The lowest BCUT2D eigenvalue weighted by molar-refractivity contribution is 0.0653. The molecule has 0 aliphatic rings. The summed E-state index contributed by atoms with van der Waals surface area (Å²) in [5.74, 6) is -1.52. The summed E-state index contributed by atoms with van der Waals surface area (Å²) in [5, 5.41) is 68.7. The zero-order valence-electron chi connectivity index (χ0n) is 36.2. The lowest BCUT2D eigenvalue weighted by Crippen LogP contribution is -2.50. The monoisotopic (exact) mass is 892 g/mol. The van der Waals surface area contributed by atoms with Crippen LogP contribution in [0.5, 0.6) is 11.5 Å². The van der Waals surface area contributed by atoms with Gasteiger partial charge in [0.1, 0.15) is 33.4 Å². The second-order valence-electron chi connectivity index (χ2n) is 15.1. The average Bonchev–Trinajstić information content (AvgIpc) is 3.24. The molecule has 0 amide bonds. The first kappa shape index (κ1) is 57.5. The number of aromatic carboxylic acids is 2. The van der Waals surface area contributed by atoms with Crippen molar-refractivity contribution in [3.8, 4) is 11.5 Å². The van der Waals surface area contributed by atoms with E-state index in [1.807, 2.05) is 0 Å². The molecule has 0 saturated heterocycles. The summed E-state index contributed by atoms with van der Waals surface area (Å²) >= 11 is 0. The van der Waals surface area contributed by atoms with Crippen molar-refractivity contribution in [1.29, 1.82) is 0 Å². The number of carbonyl (C=O) groups is 2. The van der Waals surface area contributed by atoms with Crippen LogP contribution in [-0.2, 0) is 12.8 Å². The van der Waals surface area contributed by atoms with Crippen LogP contribution in [0.3, 0.4) is 0 Å². The first-order valence-electron chi connectivity index (χ1n) is 19.6. The van der Waals surface area contributed by atoms with Gasteiger partial charge in [0.05, 0.1) is 63.9 Å². The van der Waals surface area contributed by atoms with Crippen LogP contribution in [0.2, 0.25) is 0 Å². The van der Waals surface area contributed by atoms with Gasteiger partial charge in [0.15, 0.2) is 10.9 Å². The lowest BCUT2D eigenvalue weighted by atomic mass is 10.1. The van der Waals surface area contributed by atoms with Crippen molar-refractivity contribution in [2.24, 2.45) is 23.3 Å². The second-order valence-corrected chi connectivity index (χ2v) is 15.1. The van der Waals surface area contributed by atoms with E-state index >= 15 is 0 Å². The fourth-order valence-electron chi connectivity index (χ4n) is 4.77. The van der Waals surface area contributed by atoms with Crippen LogP contribution in [0.1, 0.15) is 72.8 Å². The molecule has 2 aromatic heterocycles. The van der Waals surface area contributed by atoms with Gasteiger partial charge in [-0.3, -0.25) is 9.59 Å². The number of aliphatic hydroxyl groups excluding tert-OH is 6. The molecule has 0 aliphatic heterocycles. The molecule has 0 bridgehead atoms. The van der Waals surface area contributed by atoms with Gasteiger partial charge in [0, 0.05) is 12.1 Å². The number of carboxylic acids is 2. The summed E-state index contributed by atoms with van der Waals surface area (Å²) in [7, 11) is 0. The number of carboxylic acid groups (broad SMARTS) is 2. The molecule has 4 aromatic rings. The first-order chi connectivity index (χ1) is 29.2. The Morgan fingerprint density at radius 1 is 0.635 bits per heavy atom. The zero-order valence-corrected chi connectivity index (χ0v) is 36.2. The van der Waals surface area contributed by atoms with E-state index in [-0.39, 0.29) is 38.9 Å². The fraction of sp³-hybridized carbons (Fsp3) is 0.455. The zero-order chi connectivity index (χ0) is 47.2. The van der Waals surface area contributed by atoms with Crippen molar-refractivity contribution in [1.82, 2.24) is 0 Å². The van der Waals surface area contributed by atoms with Gasteiger partial charge in [-0.05, 0) is 60.8 Å². The van der Waals surface area contributed by atoms with Crippen LogP contribution >= 0.6 is 0 Å². The van der Waals surface area contributed by atoms with E-state index in [1.54, 1.807) is 36.4 Å². The number of hydrogen-bond acceptors (Lipinski definition) is 16. The fourth-order valence-corrected chi connectivity index (χ4v) is 4.77. The third kappa shape index (κ3) is 18.0. The number of fused-ring (bicyclic) bond motifs is 2. The molecule has 14 N–H and O–H groups in total. The summed E-state index contributed by atoms with van der Waals surface area (Å²) in [4.78, 5) is 46.9. The first-order valence-corrected chi connectivity index (χ1v) is 19.6. The largest absolute Gasteiger partial charge is 0.493 e. The van der Waals surface area contributed by atoms with Gasteiger partial charge >= 0.3 is 11.9 Å². The van der Waals surface area contributed by atoms with Crippen LogP contribution < -0.4 is 31.8 Å². The summed E-state index contributed by atoms with van der Waals surface area (Å²) in [6.45, 7) is 14.2. The molecule has 352 valence electrons. The number of benzene rings is 2. The molecule has 0 aliphatic carbocycles. The van der Waals surface area contributed by atoms with Crippen molar-refractivity contribution < 1.29 is 74.2 Å². The number of rotatable bonds is 20. The Kier molecular flexibility index (Phi) is 25.8. The minimum absolute atomic E-state index is 0.